The van der Waals surface area contributed by atoms with Crippen LogP contribution in [-0.2, 0) is 18.3 Å². The molecule has 0 unspecified atom stereocenters. The number of carbonyl (C=O) groups is 1. The third kappa shape index (κ3) is 4.06. The molecule has 1 N–H and O–H groups in total. The van der Waals surface area contributed by atoms with Crippen molar-refractivity contribution in [3.05, 3.63) is 58.3 Å². The topological polar surface area (TPSA) is 46.4 Å². The van der Waals surface area contributed by atoms with Gasteiger partial charge in [-0.15, -0.1) is 0 Å². The predicted octanol–water partition coefficient (Wildman–Crippen LogP) is 2.48. The molecule has 0 spiro atoms. The van der Waals surface area contributed by atoms with Crippen LogP contribution in [0.2, 0.25) is 0 Å². The van der Waals surface area contributed by atoms with Crippen molar-refractivity contribution in [2.75, 3.05) is 0 Å². The second-order valence-corrected chi connectivity index (χ2v) is 5.05. The molecule has 0 aliphatic heterocycles. The first-order valence-electron chi connectivity index (χ1n) is 5.83. The van der Waals surface area contributed by atoms with Gasteiger partial charge in [0.1, 0.15) is 0 Å². The minimum Gasteiger partial charge on any atom is -0.354 e. The molecule has 0 saturated heterocycles. The fraction of sp³-hybridized carbons (Fsp3) is 0.143. The number of nitrogens with one attached hydrogen (secondary N) is 1. The van der Waals surface area contributed by atoms with E-state index in [0.717, 1.165) is 15.7 Å². The molecule has 0 aliphatic carbocycles. The number of benzene rings is 1. The van der Waals surface area contributed by atoms with Gasteiger partial charge in [-0.1, -0.05) is 28.1 Å². The predicted molar refractivity (Wildman–Crippen MR) is 79.0 cm³/mol. The summed E-state index contributed by atoms with van der Waals surface area (Å²) in [5, 5.41) is 3.93. The minimum absolute atomic E-state index is 0.129. The number of hydrogen-bond acceptors (Lipinski definition) is 2. The minimum atomic E-state index is -0.129. The largest absolute Gasteiger partial charge is 0.354 e. The standard InChI is InChI=1S/C14H14BrN3O/c1-18-8-2-3-13(18)9-14(19)17-16-10-11-4-6-12(15)7-5-11/h2-8,10H,9H2,1H3,(H,17,19)/b16-10-. The molecule has 0 aliphatic rings. The molecule has 1 amide bonds. The zero-order valence-corrected chi connectivity index (χ0v) is 12.1. The maximum Gasteiger partial charge on any atom is 0.245 e. The number of nitrogens with zero attached hydrogens (tertiary/aromatic N) is 2. The van der Waals surface area contributed by atoms with Gasteiger partial charge in [0.25, 0.3) is 0 Å². The summed E-state index contributed by atoms with van der Waals surface area (Å²) in [6.45, 7) is 0. The summed E-state index contributed by atoms with van der Waals surface area (Å²) in [6.07, 6.45) is 3.85. The molecule has 0 atom stereocenters. The number of hydrogen-bond donors (Lipinski definition) is 1. The van der Waals surface area contributed by atoms with Gasteiger partial charge in [-0.05, 0) is 29.8 Å². The molecule has 1 aromatic heterocycles. The van der Waals surface area contributed by atoms with Gasteiger partial charge in [-0.3, -0.25) is 4.79 Å². The highest BCUT2D eigenvalue weighted by molar-refractivity contribution is 9.10. The number of rotatable bonds is 4. The van der Waals surface area contributed by atoms with E-state index in [1.807, 2.05) is 54.2 Å². The van der Waals surface area contributed by atoms with Crippen LogP contribution in [0.4, 0.5) is 0 Å². The summed E-state index contributed by atoms with van der Waals surface area (Å²) < 4.78 is 2.93. The Kier molecular flexibility index (Phi) is 4.52. The second kappa shape index (κ2) is 6.33. The molecular formula is C14H14BrN3O. The fourth-order valence-corrected chi connectivity index (χ4v) is 1.88. The summed E-state index contributed by atoms with van der Waals surface area (Å²) in [5.41, 5.74) is 4.40. The average Bonchev–Trinajstić information content (AvgIpc) is 2.78. The fourth-order valence-electron chi connectivity index (χ4n) is 1.61. The van der Waals surface area contributed by atoms with Crippen LogP contribution in [0.25, 0.3) is 0 Å². The normalized spacial score (nSPS) is 10.8. The Morgan fingerprint density at radius 3 is 2.74 bits per heavy atom. The molecule has 0 bridgehead atoms. The summed E-state index contributed by atoms with van der Waals surface area (Å²) in [6, 6.07) is 11.5. The Balaban J connectivity index is 1.86. The van der Waals surface area contributed by atoms with Gasteiger partial charge in [0.15, 0.2) is 0 Å². The number of aromatic nitrogens is 1. The number of carbonyl (C=O) groups excluding carboxylic acids is 1. The highest BCUT2D eigenvalue weighted by Gasteiger charge is 2.04. The van der Waals surface area contributed by atoms with Crippen molar-refractivity contribution >= 4 is 28.1 Å². The van der Waals surface area contributed by atoms with Gasteiger partial charge in [0, 0.05) is 23.4 Å². The number of aryl methyl sites for hydroxylation is 1. The first-order chi connectivity index (χ1) is 9.15. The quantitative estimate of drug-likeness (QED) is 0.683. The Labute approximate surface area is 120 Å². The maximum atomic E-state index is 11.7. The third-order valence-electron chi connectivity index (χ3n) is 2.67. The highest BCUT2D eigenvalue weighted by atomic mass is 79.9. The van der Waals surface area contributed by atoms with Crippen molar-refractivity contribution in [3.8, 4) is 0 Å². The zero-order valence-electron chi connectivity index (χ0n) is 10.5. The van der Waals surface area contributed by atoms with E-state index in [1.54, 1.807) is 6.21 Å². The van der Waals surface area contributed by atoms with E-state index in [1.165, 1.54) is 0 Å². The molecule has 19 heavy (non-hydrogen) atoms. The second-order valence-electron chi connectivity index (χ2n) is 4.13. The van der Waals surface area contributed by atoms with Gasteiger partial charge >= 0.3 is 0 Å². The Morgan fingerprint density at radius 2 is 2.11 bits per heavy atom. The first kappa shape index (κ1) is 13.5. The molecule has 5 heteroatoms. The lowest BCUT2D eigenvalue weighted by molar-refractivity contribution is -0.120. The molecule has 2 rings (SSSR count). The summed E-state index contributed by atoms with van der Waals surface area (Å²) in [5.74, 6) is -0.129. The Hall–Kier alpha value is -1.88. The van der Waals surface area contributed by atoms with E-state index in [4.69, 9.17) is 0 Å². The van der Waals surface area contributed by atoms with Gasteiger partial charge in [-0.25, -0.2) is 5.43 Å². The lowest BCUT2D eigenvalue weighted by Crippen LogP contribution is -2.20. The average molecular weight is 320 g/mol. The lowest BCUT2D eigenvalue weighted by atomic mass is 10.2. The monoisotopic (exact) mass is 319 g/mol. The Morgan fingerprint density at radius 1 is 1.37 bits per heavy atom. The van der Waals surface area contributed by atoms with E-state index < -0.39 is 0 Å². The molecule has 0 saturated carbocycles. The van der Waals surface area contributed by atoms with Crippen LogP contribution in [0.1, 0.15) is 11.3 Å². The van der Waals surface area contributed by atoms with Crippen LogP contribution in [0, 0.1) is 0 Å². The van der Waals surface area contributed by atoms with Crippen LogP contribution in [0.3, 0.4) is 0 Å². The molecular weight excluding hydrogens is 306 g/mol. The van der Waals surface area contributed by atoms with E-state index in [2.05, 4.69) is 26.5 Å². The summed E-state index contributed by atoms with van der Waals surface area (Å²) in [7, 11) is 1.91. The smallest absolute Gasteiger partial charge is 0.245 e. The first-order valence-corrected chi connectivity index (χ1v) is 6.62. The van der Waals surface area contributed by atoms with Crippen LogP contribution in [-0.4, -0.2) is 16.7 Å². The third-order valence-corrected chi connectivity index (χ3v) is 3.19. The molecule has 1 heterocycles. The van der Waals surface area contributed by atoms with E-state index in [-0.39, 0.29) is 5.91 Å². The van der Waals surface area contributed by atoms with Crippen LogP contribution < -0.4 is 5.43 Å². The summed E-state index contributed by atoms with van der Waals surface area (Å²) in [4.78, 5) is 11.7. The molecule has 4 nitrogen and oxygen atoms in total. The molecule has 0 fully saturated rings. The molecule has 1 aromatic carbocycles. The maximum absolute atomic E-state index is 11.7. The van der Waals surface area contributed by atoms with Crippen LogP contribution >= 0.6 is 15.9 Å². The van der Waals surface area contributed by atoms with Crippen molar-refractivity contribution in [1.82, 2.24) is 9.99 Å². The van der Waals surface area contributed by atoms with Crippen molar-refractivity contribution in [2.24, 2.45) is 12.1 Å². The van der Waals surface area contributed by atoms with Gasteiger partial charge in [-0.2, -0.15) is 5.10 Å². The van der Waals surface area contributed by atoms with Crippen molar-refractivity contribution < 1.29 is 4.79 Å². The van der Waals surface area contributed by atoms with Crippen molar-refractivity contribution in [3.63, 3.8) is 0 Å². The number of halogens is 1. The number of hydrazone groups is 1. The summed E-state index contributed by atoms with van der Waals surface area (Å²) >= 11 is 3.36. The van der Waals surface area contributed by atoms with Crippen LogP contribution in [0.15, 0.2) is 52.2 Å². The van der Waals surface area contributed by atoms with Gasteiger partial charge in [0.2, 0.25) is 5.91 Å². The van der Waals surface area contributed by atoms with Gasteiger partial charge in [0.05, 0.1) is 12.6 Å². The SMILES string of the molecule is Cn1cccc1CC(=O)N/N=C\c1ccc(Br)cc1. The molecule has 0 radical (unpaired) electrons. The van der Waals surface area contributed by atoms with E-state index >= 15 is 0 Å². The zero-order chi connectivity index (χ0) is 13.7. The lowest BCUT2D eigenvalue weighted by Gasteiger charge is -2.01. The number of amides is 1. The highest BCUT2D eigenvalue weighted by Crippen LogP contribution is 2.08. The van der Waals surface area contributed by atoms with Gasteiger partial charge < -0.3 is 4.57 Å². The molecule has 98 valence electrons. The Bertz CT molecular complexity index is 587. The van der Waals surface area contributed by atoms with Crippen LogP contribution in [0.5, 0.6) is 0 Å². The van der Waals surface area contributed by atoms with E-state index in [0.29, 0.717) is 6.42 Å². The van der Waals surface area contributed by atoms with E-state index in [9.17, 15) is 4.79 Å². The van der Waals surface area contributed by atoms with Crippen molar-refractivity contribution in [1.29, 1.82) is 0 Å². The van der Waals surface area contributed by atoms with Crippen molar-refractivity contribution in [2.45, 2.75) is 6.42 Å². The molecule has 2 aromatic rings.